The summed E-state index contributed by atoms with van der Waals surface area (Å²) in [5.41, 5.74) is 1.37. The molecule has 0 saturated carbocycles. The van der Waals surface area contributed by atoms with Gasteiger partial charge in [0, 0.05) is 17.1 Å². The molecule has 1 aliphatic heterocycles. The lowest BCUT2D eigenvalue weighted by molar-refractivity contribution is 0.102. The SMILES string of the molecule is O=C(Nc1ccc2c(c1)OCO2)c1csc(I)c1. The predicted molar refractivity (Wildman–Crippen MR) is 77.6 cm³/mol. The maximum absolute atomic E-state index is 11.9. The van der Waals surface area contributed by atoms with Crippen LogP contribution in [0.3, 0.4) is 0 Å². The summed E-state index contributed by atoms with van der Waals surface area (Å²) in [6.45, 7) is 0.232. The standard InChI is InChI=1S/C12H8INO3S/c13-11-3-7(5-18-11)12(15)14-8-1-2-9-10(4-8)17-6-16-9/h1-5H,6H2,(H,14,15). The minimum Gasteiger partial charge on any atom is -0.454 e. The van der Waals surface area contributed by atoms with Gasteiger partial charge in [-0.05, 0) is 40.8 Å². The van der Waals surface area contributed by atoms with E-state index >= 15 is 0 Å². The van der Waals surface area contributed by atoms with Gasteiger partial charge in [0.25, 0.3) is 5.91 Å². The van der Waals surface area contributed by atoms with Gasteiger partial charge >= 0.3 is 0 Å². The van der Waals surface area contributed by atoms with Crippen molar-refractivity contribution in [1.29, 1.82) is 0 Å². The van der Waals surface area contributed by atoms with Crippen LogP contribution in [0.2, 0.25) is 0 Å². The van der Waals surface area contributed by atoms with E-state index in [9.17, 15) is 4.79 Å². The number of carbonyl (C=O) groups is 1. The largest absolute Gasteiger partial charge is 0.454 e. The topological polar surface area (TPSA) is 47.6 Å². The van der Waals surface area contributed by atoms with E-state index < -0.39 is 0 Å². The highest BCUT2D eigenvalue weighted by Gasteiger charge is 2.15. The highest BCUT2D eigenvalue weighted by molar-refractivity contribution is 14.1. The zero-order valence-electron chi connectivity index (χ0n) is 9.10. The third kappa shape index (κ3) is 2.30. The van der Waals surface area contributed by atoms with E-state index in [1.165, 1.54) is 0 Å². The Morgan fingerprint density at radius 1 is 1.28 bits per heavy atom. The molecular weight excluding hydrogens is 365 g/mol. The molecule has 0 radical (unpaired) electrons. The first-order valence-corrected chi connectivity index (χ1v) is 7.13. The number of benzene rings is 1. The Labute approximate surface area is 121 Å². The normalized spacial score (nSPS) is 12.5. The van der Waals surface area contributed by atoms with Crippen molar-refractivity contribution in [1.82, 2.24) is 0 Å². The number of anilines is 1. The van der Waals surface area contributed by atoms with Crippen LogP contribution < -0.4 is 14.8 Å². The van der Waals surface area contributed by atoms with Crippen molar-refractivity contribution in [3.63, 3.8) is 0 Å². The Hall–Kier alpha value is -1.28. The van der Waals surface area contributed by atoms with Crippen molar-refractivity contribution in [3.8, 4) is 11.5 Å². The molecule has 92 valence electrons. The monoisotopic (exact) mass is 373 g/mol. The lowest BCUT2D eigenvalue weighted by Crippen LogP contribution is -2.10. The van der Waals surface area contributed by atoms with Crippen LogP contribution in [-0.4, -0.2) is 12.7 Å². The van der Waals surface area contributed by atoms with Gasteiger partial charge in [0.05, 0.1) is 8.45 Å². The molecule has 4 nitrogen and oxygen atoms in total. The van der Waals surface area contributed by atoms with Crippen molar-refractivity contribution in [2.24, 2.45) is 0 Å². The second-order valence-electron chi connectivity index (χ2n) is 3.66. The summed E-state index contributed by atoms with van der Waals surface area (Å²) in [5, 5.41) is 4.67. The van der Waals surface area contributed by atoms with Crippen LogP contribution in [0.15, 0.2) is 29.6 Å². The summed E-state index contributed by atoms with van der Waals surface area (Å²) >= 11 is 3.74. The predicted octanol–water partition coefficient (Wildman–Crippen LogP) is 3.33. The second-order valence-corrected chi connectivity index (χ2v) is 6.47. The summed E-state index contributed by atoms with van der Waals surface area (Å²) in [5.74, 6) is 1.25. The average molecular weight is 373 g/mol. The van der Waals surface area contributed by atoms with Crippen LogP contribution in [0, 0.1) is 2.88 Å². The Kier molecular flexibility index (Phi) is 3.13. The van der Waals surface area contributed by atoms with Gasteiger partial charge in [0.2, 0.25) is 6.79 Å². The maximum Gasteiger partial charge on any atom is 0.256 e. The number of rotatable bonds is 2. The number of carbonyl (C=O) groups excluding carboxylic acids is 1. The quantitative estimate of drug-likeness (QED) is 0.822. The van der Waals surface area contributed by atoms with Gasteiger partial charge in [0.15, 0.2) is 11.5 Å². The number of thiophene rings is 1. The van der Waals surface area contributed by atoms with E-state index in [-0.39, 0.29) is 12.7 Å². The average Bonchev–Trinajstić information content (AvgIpc) is 2.96. The van der Waals surface area contributed by atoms with Crippen molar-refractivity contribution < 1.29 is 14.3 Å². The first-order valence-electron chi connectivity index (χ1n) is 5.17. The van der Waals surface area contributed by atoms with Crippen molar-refractivity contribution in [3.05, 3.63) is 38.1 Å². The number of hydrogen-bond acceptors (Lipinski definition) is 4. The minimum atomic E-state index is -0.118. The molecule has 0 aliphatic carbocycles. The summed E-state index contributed by atoms with van der Waals surface area (Å²) in [7, 11) is 0. The molecule has 0 unspecified atom stereocenters. The number of fused-ring (bicyclic) bond motifs is 1. The molecular formula is C12H8INO3S. The van der Waals surface area contributed by atoms with Gasteiger partial charge in [-0.3, -0.25) is 4.79 Å². The molecule has 6 heteroatoms. The van der Waals surface area contributed by atoms with Gasteiger partial charge in [-0.15, -0.1) is 11.3 Å². The molecule has 1 aromatic carbocycles. The van der Waals surface area contributed by atoms with Crippen LogP contribution in [-0.2, 0) is 0 Å². The Balaban J connectivity index is 1.78. The number of ether oxygens (including phenoxy) is 2. The van der Waals surface area contributed by atoms with E-state index in [0.29, 0.717) is 22.7 Å². The van der Waals surface area contributed by atoms with Crippen LogP contribution in [0.25, 0.3) is 0 Å². The van der Waals surface area contributed by atoms with Crippen LogP contribution in [0.4, 0.5) is 5.69 Å². The van der Waals surface area contributed by atoms with Crippen LogP contribution >= 0.6 is 33.9 Å². The van der Waals surface area contributed by atoms with Gasteiger partial charge < -0.3 is 14.8 Å². The molecule has 0 fully saturated rings. The van der Waals surface area contributed by atoms with Crippen molar-refractivity contribution >= 4 is 45.5 Å². The Bertz CT molecular complexity index is 611. The third-order valence-electron chi connectivity index (χ3n) is 2.46. The highest BCUT2D eigenvalue weighted by Crippen LogP contribution is 2.34. The Morgan fingerprint density at radius 3 is 2.89 bits per heavy atom. The first-order chi connectivity index (χ1) is 8.72. The van der Waals surface area contributed by atoms with Crippen molar-refractivity contribution in [2.75, 3.05) is 12.1 Å². The van der Waals surface area contributed by atoms with Crippen LogP contribution in [0.1, 0.15) is 10.4 Å². The third-order valence-corrected chi connectivity index (χ3v) is 4.25. The summed E-state index contributed by atoms with van der Waals surface area (Å²) in [6.07, 6.45) is 0. The minimum absolute atomic E-state index is 0.118. The van der Waals surface area contributed by atoms with E-state index in [0.717, 1.165) is 2.88 Å². The zero-order chi connectivity index (χ0) is 12.5. The lowest BCUT2D eigenvalue weighted by Gasteiger charge is -2.04. The number of hydrogen-bond donors (Lipinski definition) is 1. The molecule has 0 spiro atoms. The fourth-order valence-corrected chi connectivity index (χ4v) is 2.93. The second kappa shape index (κ2) is 4.77. The van der Waals surface area contributed by atoms with Gasteiger partial charge in [-0.25, -0.2) is 0 Å². The fourth-order valence-electron chi connectivity index (χ4n) is 1.61. The summed E-state index contributed by atoms with van der Waals surface area (Å²) in [6, 6.07) is 7.20. The molecule has 1 aliphatic rings. The molecule has 1 N–H and O–H groups in total. The van der Waals surface area contributed by atoms with E-state index in [2.05, 4.69) is 27.9 Å². The molecule has 0 saturated heterocycles. The number of nitrogens with one attached hydrogen (secondary N) is 1. The number of amides is 1. The molecule has 2 heterocycles. The highest BCUT2D eigenvalue weighted by atomic mass is 127. The molecule has 3 rings (SSSR count). The molecule has 0 bridgehead atoms. The first kappa shape index (κ1) is 11.8. The molecule has 1 aromatic heterocycles. The molecule has 2 aromatic rings. The molecule has 0 atom stereocenters. The number of halogens is 1. The van der Waals surface area contributed by atoms with Gasteiger partial charge in [0.1, 0.15) is 0 Å². The summed E-state index contributed by atoms with van der Waals surface area (Å²) in [4.78, 5) is 11.9. The summed E-state index contributed by atoms with van der Waals surface area (Å²) < 4.78 is 11.6. The van der Waals surface area contributed by atoms with Crippen LogP contribution in [0.5, 0.6) is 11.5 Å². The zero-order valence-corrected chi connectivity index (χ0v) is 12.1. The fraction of sp³-hybridized carbons (Fsp3) is 0.0833. The smallest absolute Gasteiger partial charge is 0.256 e. The van der Waals surface area contributed by atoms with E-state index in [1.54, 1.807) is 29.5 Å². The van der Waals surface area contributed by atoms with E-state index in [1.807, 2.05) is 11.4 Å². The maximum atomic E-state index is 11.9. The van der Waals surface area contributed by atoms with Gasteiger partial charge in [-0.1, -0.05) is 0 Å². The van der Waals surface area contributed by atoms with E-state index in [4.69, 9.17) is 9.47 Å². The molecule has 18 heavy (non-hydrogen) atoms. The lowest BCUT2D eigenvalue weighted by atomic mass is 10.2. The van der Waals surface area contributed by atoms with Gasteiger partial charge in [-0.2, -0.15) is 0 Å². The molecule has 1 amide bonds. The Morgan fingerprint density at radius 2 is 2.11 bits per heavy atom. The van der Waals surface area contributed by atoms with Crippen molar-refractivity contribution in [2.45, 2.75) is 0 Å².